The summed E-state index contributed by atoms with van der Waals surface area (Å²) in [6.07, 6.45) is 0. The second kappa shape index (κ2) is 7.19. The van der Waals surface area contributed by atoms with Crippen LogP contribution in [-0.2, 0) is 9.53 Å². The highest BCUT2D eigenvalue weighted by atomic mass is 35.5. The number of halogens is 3. The minimum absolute atomic E-state index is 0.0358. The Morgan fingerprint density at radius 1 is 1.13 bits per heavy atom. The molecular formula is C16H12ClF2NO3. The van der Waals surface area contributed by atoms with Gasteiger partial charge in [0, 0.05) is 12.7 Å². The van der Waals surface area contributed by atoms with E-state index < -0.39 is 30.1 Å². The van der Waals surface area contributed by atoms with Gasteiger partial charge in [0.2, 0.25) is 0 Å². The lowest BCUT2D eigenvalue weighted by Crippen LogP contribution is -2.31. The highest BCUT2D eigenvalue weighted by molar-refractivity contribution is 6.31. The molecule has 0 aliphatic rings. The van der Waals surface area contributed by atoms with E-state index in [4.69, 9.17) is 16.3 Å². The molecule has 0 aliphatic heterocycles. The van der Waals surface area contributed by atoms with E-state index in [1.165, 1.54) is 42.3 Å². The quantitative estimate of drug-likeness (QED) is 0.802. The average molecular weight is 340 g/mol. The fraction of sp³-hybridized carbons (Fsp3) is 0.125. The van der Waals surface area contributed by atoms with Crippen molar-refractivity contribution in [3.05, 3.63) is 64.7 Å². The molecule has 0 heterocycles. The largest absolute Gasteiger partial charge is 0.452 e. The number of nitrogens with zero attached hydrogens (tertiary/aromatic N) is 1. The first-order valence-corrected chi connectivity index (χ1v) is 6.90. The normalized spacial score (nSPS) is 10.3. The van der Waals surface area contributed by atoms with E-state index in [0.29, 0.717) is 5.69 Å². The molecule has 0 aliphatic carbocycles. The zero-order valence-corrected chi connectivity index (χ0v) is 12.8. The van der Waals surface area contributed by atoms with Gasteiger partial charge in [0.25, 0.3) is 5.91 Å². The maximum absolute atomic E-state index is 13.0. The molecule has 0 saturated carbocycles. The zero-order chi connectivity index (χ0) is 17.0. The summed E-state index contributed by atoms with van der Waals surface area (Å²) in [6.45, 7) is -0.512. The summed E-state index contributed by atoms with van der Waals surface area (Å²) in [5, 5.41) is -0.214. The van der Waals surface area contributed by atoms with Crippen LogP contribution in [-0.4, -0.2) is 25.5 Å². The number of benzene rings is 2. The number of amides is 1. The number of esters is 1. The summed E-state index contributed by atoms with van der Waals surface area (Å²) in [6, 6.07) is 8.64. The Balaban J connectivity index is 1.96. The average Bonchev–Trinajstić information content (AvgIpc) is 2.54. The van der Waals surface area contributed by atoms with Crippen molar-refractivity contribution in [3.63, 3.8) is 0 Å². The predicted molar refractivity (Wildman–Crippen MR) is 81.5 cm³/mol. The zero-order valence-electron chi connectivity index (χ0n) is 12.1. The molecular weight excluding hydrogens is 328 g/mol. The molecule has 120 valence electrons. The van der Waals surface area contributed by atoms with Gasteiger partial charge in [-0.1, -0.05) is 11.6 Å². The predicted octanol–water partition coefficient (Wildman–Crippen LogP) is 3.44. The minimum Gasteiger partial charge on any atom is -0.452 e. The van der Waals surface area contributed by atoms with Crippen molar-refractivity contribution in [1.82, 2.24) is 0 Å². The van der Waals surface area contributed by atoms with Crippen LogP contribution in [0.1, 0.15) is 10.4 Å². The lowest BCUT2D eigenvalue weighted by molar-refractivity contribution is -0.121. The molecule has 7 heteroatoms. The van der Waals surface area contributed by atoms with Gasteiger partial charge in [-0.2, -0.15) is 0 Å². The molecule has 0 bridgehead atoms. The molecule has 0 spiro atoms. The van der Waals surface area contributed by atoms with Gasteiger partial charge in [-0.3, -0.25) is 4.79 Å². The van der Waals surface area contributed by atoms with Crippen molar-refractivity contribution in [2.45, 2.75) is 0 Å². The van der Waals surface area contributed by atoms with Crippen LogP contribution >= 0.6 is 11.6 Å². The molecule has 2 aromatic rings. The summed E-state index contributed by atoms with van der Waals surface area (Å²) >= 11 is 5.58. The summed E-state index contributed by atoms with van der Waals surface area (Å²) < 4.78 is 30.7. The van der Waals surface area contributed by atoms with E-state index in [1.54, 1.807) is 0 Å². The number of ether oxygens (including phenoxy) is 1. The summed E-state index contributed by atoms with van der Waals surface area (Å²) in [5.41, 5.74) is 0.492. The Morgan fingerprint density at radius 2 is 1.78 bits per heavy atom. The molecule has 0 aromatic heterocycles. The van der Waals surface area contributed by atoms with Gasteiger partial charge in [-0.25, -0.2) is 13.6 Å². The van der Waals surface area contributed by atoms with Gasteiger partial charge in [0.05, 0.1) is 10.6 Å². The first kappa shape index (κ1) is 16.9. The highest BCUT2D eigenvalue weighted by Gasteiger charge is 2.15. The van der Waals surface area contributed by atoms with Crippen LogP contribution in [0.5, 0.6) is 0 Å². The third-order valence-corrected chi connectivity index (χ3v) is 3.36. The smallest absolute Gasteiger partial charge is 0.338 e. The summed E-state index contributed by atoms with van der Waals surface area (Å²) in [4.78, 5) is 25.0. The Morgan fingerprint density at radius 3 is 2.39 bits per heavy atom. The number of carbonyl (C=O) groups excluding carboxylic acids is 2. The Hall–Kier alpha value is -2.47. The molecule has 0 N–H and O–H groups in total. The first-order valence-electron chi connectivity index (χ1n) is 6.53. The van der Waals surface area contributed by atoms with Gasteiger partial charge in [0.1, 0.15) is 11.6 Å². The Labute approximate surface area is 136 Å². The number of rotatable bonds is 4. The molecule has 1 amide bonds. The van der Waals surface area contributed by atoms with Crippen molar-refractivity contribution in [2.75, 3.05) is 18.6 Å². The number of likely N-dealkylation sites (N-methyl/N-ethyl adjacent to an activating group) is 1. The SMILES string of the molecule is CN(C(=O)COC(=O)c1ccc(F)c(Cl)c1)c1ccc(F)cc1. The maximum Gasteiger partial charge on any atom is 0.338 e. The molecule has 2 aromatic carbocycles. The minimum atomic E-state index is -0.798. The van der Waals surface area contributed by atoms with Crippen LogP contribution in [0.2, 0.25) is 5.02 Å². The Kier molecular flexibility index (Phi) is 5.28. The summed E-state index contributed by atoms with van der Waals surface area (Å²) in [7, 11) is 1.47. The van der Waals surface area contributed by atoms with Gasteiger partial charge >= 0.3 is 5.97 Å². The van der Waals surface area contributed by atoms with Gasteiger partial charge in [-0.05, 0) is 42.5 Å². The Bertz CT molecular complexity index is 735. The third-order valence-electron chi connectivity index (χ3n) is 3.07. The van der Waals surface area contributed by atoms with Crippen LogP contribution in [0.3, 0.4) is 0 Å². The van der Waals surface area contributed by atoms with Crippen molar-refractivity contribution >= 4 is 29.2 Å². The molecule has 23 heavy (non-hydrogen) atoms. The molecule has 2 rings (SSSR count). The van der Waals surface area contributed by atoms with Crippen LogP contribution in [0, 0.1) is 11.6 Å². The molecule has 0 radical (unpaired) electrons. The number of hydrogen-bond acceptors (Lipinski definition) is 3. The molecule has 0 unspecified atom stereocenters. The maximum atomic E-state index is 13.0. The molecule has 0 saturated heterocycles. The van der Waals surface area contributed by atoms with Crippen LogP contribution in [0.15, 0.2) is 42.5 Å². The summed E-state index contributed by atoms with van der Waals surface area (Å²) in [5.74, 6) is -2.38. The van der Waals surface area contributed by atoms with E-state index in [0.717, 1.165) is 12.1 Å². The number of hydrogen-bond donors (Lipinski definition) is 0. The van der Waals surface area contributed by atoms with Crippen LogP contribution in [0.4, 0.5) is 14.5 Å². The van der Waals surface area contributed by atoms with Crippen molar-refractivity contribution in [1.29, 1.82) is 0 Å². The van der Waals surface area contributed by atoms with E-state index >= 15 is 0 Å². The highest BCUT2D eigenvalue weighted by Crippen LogP contribution is 2.17. The number of anilines is 1. The second-order valence-electron chi connectivity index (χ2n) is 4.63. The van der Waals surface area contributed by atoms with Gasteiger partial charge in [0.15, 0.2) is 6.61 Å². The fourth-order valence-corrected chi connectivity index (χ4v) is 1.92. The van der Waals surface area contributed by atoms with Gasteiger partial charge in [-0.15, -0.1) is 0 Å². The second-order valence-corrected chi connectivity index (χ2v) is 5.04. The molecule has 4 nitrogen and oxygen atoms in total. The van der Waals surface area contributed by atoms with Crippen molar-refractivity contribution < 1.29 is 23.1 Å². The van der Waals surface area contributed by atoms with Gasteiger partial charge < -0.3 is 9.64 Å². The van der Waals surface area contributed by atoms with E-state index in [-0.39, 0.29) is 10.6 Å². The lowest BCUT2D eigenvalue weighted by Gasteiger charge is -2.17. The van der Waals surface area contributed by atoms with Crippen LogP contribution in [0.25, 0.3) is 0 Å². The molecule has 0 atom stereocenters. The van der Waals surface area contributed by atoms with E-state index in [1.807, 2.05) is 0 Å². The van der Waals surface area contributed by atoms with Crippen molar-refractivity contribution in [2.24, 2.45) is 0 Å². The standard InChI is InChI=1S/C16H12ClF2NO3/c1-20(12-5-3-11(18)4-6-12)15(21)9-23-16(22)10-2-7-14(19)13(17)8-10/h2-8H,9H2,1H3. The lowest BCUT2D eigenvalue weighted by atomic mass is 10.2. The molecule has 0 fully saturated rings. The number of carbonyl (C=O) groups is 2. The first-order chi connectivity index (χ1) is 10.9. The topological polar surface area (TPSA) is 46.6 Å². The fourth-order valence-electron chi connectivity index (χ4n) is 1.74. The van der Waals surface area contributed by atoms with Crippen molar-refractivity contribution in [3.8, 4) is 0 Å². The van der Waals surface area contributed by atoms with E-state index in [9.17, 15) is 18.4 Å². The van der Waals surface area contributed by atoms with Crippen LogP contribution < -0.4 is 4.90 Å². The third kappa shape index (κ3) is 4.26. The van der Waals surface area contributed by atoms with E-state index in [2.05, 4.69) is 0 Å². The monoisotopic (exact) mass is 339 g/mol.